The fourth-order valence-electron chi connectivity index (χ4n) is 3.27. The van der Waals surface area contributed by atoms with E-state index < -0.39 is 6.10 Å². The Bertz CT molecular complexity index is 712. The van der Waals surface area contributed by atoms with E-state index >= 15 is 0 Å². The topological polar surface area (TPSA) is 35.9 Å². The van der Waals surface area contributed by atoms with Crippen molar-refractivity contribution < 1.29 is 9.84 Å². The van der Waals surface area contributed by atoms with Gasteiger partial charge < -0.3 is 14.7 Å². The molecule has 26 heavy (non-hydrogen) atoms. The zero-order valence-corrected chi connectivity index (χ0v) is 16.2. The summed E-state index contributed by atoms with van der Waals surface area (Å²) in [4.78, 5) is 4.66. The van der Waals surface area contributed by atoms with Gasteiger partial charge in [0.25, 0.3) is 0 Å². The Kier molecular flexibility index (Phi) is 6.41. The van der Waals surface area contributed by atoms with E-state index in [1.807, 2.05) is 43.3 Å². The van der Waals surface area contributed by atoms with Gasteiger partial charge in [-0.2, -0.15) is 0 Å². The smallest absolute Gasteiger partial charge is 0.119 e. The molecule has 2 aromatic carbocycles. The van der Waals surface area contributed by atoms with Crippen LogP contribution in [0.2, 0.25) is 5.02 Å². The van der Waals surface area contributed by atoms with Gasteiger partial charge in [0, 0.05) is 43.4 Å². The van der Waals surface area contributed by atoms with Gasteiger partial charge in [-0.25, -0.2) is 0 Å². The van der Waals surface area contributed by atoms with Crippen LogP contribution in [0, 0.1) is 13.8 Å². The molecule has 1 N–H and O–H groups in total. The highest BCUT2D eigenvalue weighted by Gasteiger charge is 2.20. The Hall–Kier alpha value is -1.75. The van der Waals surface area contributed by atoms with Gasteiger partial charge >= 0.3 is 0 Å². The molecule has 0 aromatic heterocycles. The van der Waals surface area contributed by atoms with Crippen LogP contribution in [0.3, 0.4) is 0 Å². The van der Waals surface area contributed by atoms with E-state index in [0.29, 0.717) is 13.2 Å². The molecule has 2 aromatic rings. The first-order valence-corrected chi connectivity index (χ1v) is 9.50. The second-order valence-electron chi connectivity index (χ2n) is 7.00. The third-order valence-corrected chi connectivity index (χ3v) is 5.05. The van der Waals surface area contributed by atoms with Crippen molar-refractivity contribution in [2.24, 2.45) is 0 Å². The molecular weight excluding hydrogens is 348 g/mol. The summed E-state index contributed by atoms with van der Waals surface area (Å²) in [6.07, 6.45) is -0.490. The zero-order chi connectivity index (χ0) is 18.5. The summed E-state index contributed by atoms with van der Waals surface area (Å²) in [5.41, 5.74) is 3.65. The minimum absolute atomic E-state index is 0.316. The average molecular weight is 375 g/mol. The van der Waals surface area contributed by atoms with Gasteiger partial charge in [-0.15, -0.1) is 0 Å². The molecule has 0 radical (unpaired) electrons. The van der Waals surface area contributed by atoms with Crippen LogP contribution >= 0.6 is 11.6 Å². The van der Waals surface area contributed by atoms with Gasteiger partial charge in [0.15, 0.2) is 0 Å². The summed E-state index contributed by atoms with van der Waals surface area (Å²) in [5, 5.41) is 11.1. The third-order valence-electron chi connectivity index (χ3n) is 4.82. The highest BCUT2D eigenvalue weighted by atomic mass is 35.5. The molecule has 1 heterocycles. The number of nitrogens with zero attached hydrogens (tertiary/aromatic N) is 2. The minimum atomic E-state index is -0.490. The first-order valence-electron chi connectivity index (χ1n) is 9.12. The maximum absolute atomic E-state index is 10.3. The van der Waals surface area contributed by atoms with Crippen LogP contribution in [0.15, 0.2) is 42.5 Å². The molecule has 0 spiro atoms. The number of aliphatic hydroxyl groups is 1. The number of β-amino-alcohol motifs (C(OH)–C–C–N with tert-alkyl or cyclic N) is 1. The Morgan fingerprint density at radius 2 is 1.73 bits per heavy atom. The second-order valence-corrected chi connectivity index (χ2v) is 7.43. The number of aryl methyl sites for hydroxylation is 2. The van der Waals surface area contributed by atoms with Crippen molar-refractivity contribution in [1.29, 1.82) is 0 Å². The Morgan fingerprint density at radius 1 is 1.04 bits per heavy atom. The highest BCUT2D eigenvalue weighted by molar-refractivity contribution is 6.30. The van der Waals surface area contributed by atoms with Crippen molar-refractivity contribution in [3.63, 3.8) is 0 Å². The molecule has 3 rings (SSSR count). The lowest BCUT2D eigenvalue weighted by atomic mass is 10.1. The molecule has 1 saturated heterocycles. The van der Waals surface area contributed by atoms with E-state index in [1.165, 1.54) is 16.8 Å². The number of piperazine rings is 1. The van der Waals surface area contributed by atoms with Crippen LogP contribution < -0.4 is 9.64 Å². The molecule has 0 bridgehead atoms. The van der Waals surface area contributed by atoms with Gasteiger partial charge in [-0.05, 0) is 43.7 Å². The molecular formula is C21H27ClN2O2. The molecule has 1 unspecified atom stereocenters. The predicted molar refractivity (Wildman–Crippen MR) is 108 cm³/mol. The molecule has 140 valence electrons. The SMILES string of the molecule is Cc1ccc(OCC(O)CN2CCN(c3cc(Cl)ccc3C)CC2)cc1. The van der Waals surface area contributed by atoms with Crippen LogP contribution in [0.25, 0.3) is 0 Å². The summed E-state index contributed by atoms with van der Waals surface area (Å²) in [7, 11) is 0. The third kappa shape index (κ3) is 5.13. The molecule has 0 aliphatic carbocycles. The van der Waals surface area contributed by atoms with Crippen LogP contribution in [0.1, 0.15) is 11.1 Å². The Morgan fingerprint density at radius 3 is 2.42 bits per heavy atom. The van der Waals surface area contributed by atoms with Gasteiger partial charge in [0.1, 0.15) is 18.5 Å². The number of benzene rings is 2. The fraction of sp³-hybridized carbons (Fsp3) is 0.429. The van der Waals surface area contributed by atoms with E-state index in [2.05, 4.69) is 22.8 Å². The molecule has 0 saturated carbocycles. The fourth-order valence-corrected chi connectivity index (χ4v) is 3.44. The van der Waals surface area contributed by atoms with Gasteiger partial charge in [-0.1, -0.05) is 35.4 Å². The lowest BCUT2D eigenvalue weighted by Gasteiger charge is -2.37. The number of aliphatic hydroxyl groups excluding tert-OH is 1. The number of hydrogen-bond acceptors (Lipinski definition) is 4. The van der Waals surface area contributed by atoms with Crippen molar-refractivity contribution in [2.45, 2.75) is 20.0 Å². The monoisotopic (exact) mass is 374 g/mol. The van der Waals surface area contributed by atoms with E-state index in [-0.39, 0.29) is 0 Å². The standard InChI is InChI=1S/C21H27ClN2O2/c1-16-3-7-20(8-4-16)26-15-19(25)14-23-9-11-24(12-10-23)21-13-18(22)6-5-17(21)2/h3-8,13,19,25H,9-12,14-15H2,1-2H3. The molecule has 1 aliphatic rings. The maximum atomic E-state index is 10.3. The molecule has 1 aliphatic heterocycles. The van der Waals surface area contributed by atoms with Crippen molar-refractivity contribution in [2.75, 3.05) is 44.2 Å². The lowest BCUT2D eigenvalue weighted by molar-refractivity contribution is 0.0663. The van der Waals surface area contributed by atoms with Crippen LogP contribution in [-0.4, -0.2) is 55.4 Å². The Labute approximate surface area is 160 Å². The molecule has 1 atom stereocenters. The Balaban J connectivity index is 1.44. The van der Waals surface area contributed by atoms with E-state index in [1.54, 1.807) is 0 Å². The number of halogens is 1. The van der Waals surface area contributed by atoms with Gasteiger partial charge in [0.05, 0.1) is 0 Å². The van der Waals surface area contributed by atoms with Crippen LogP contribution in [0.5, 0.6) is 5.75 Å². The molecule has 5 heteroatoms. The molecule has 0 amide bonds. The predicted octanol–water partition coefficient (Wildman–Crippen LogP) is 3.52. The van der Waals surface area contributed by atoms with Crippen LogP contribution in [-0.2, 0) is 0 Å². The van der Waals surface area contributed by atoms with Crippen molar-refractivity contribution >= 4 is 17.3 Å². The number of rotatable bonds is 6. The lowest BCUT2D eigenvalue weighted by Crippen LogP contribution is -2.49. The summed E-state index contributed by atoms with van der Waals surface area (Å²) in [5.74, 6) is 0.802. The summed E-state index contributed by atoms with van der Waals surface area (Å²) >= 11 is 6.14. The largest absolute Gasteiger partial charge is 0.491 e. The summed E-state index contributed by atoms with van der Waals surface area (Å²) < 4.78 is 5.68. The summed E-state index contributed by atoms with van der Waals surface area (Å²) in [6.45, 7) is 8.83. The van der Waals surface area contributed by atoms with Crippen LogP contribution in [0.4, 0.5) is 5.69 Å². The van der Waals surface area contributed by atoms with Crippen molar-refractivity contribution in [1.82, 2.24) is 4.90 Å². The highest BCUT2D eigenvalue weighted by Crippen LogP contribution is 2.25. The second kappa shape index (κ2) is 8.76. The van der Waals surface area contributed by atoms with Crippen molar-refractivity contribution in [3.05, 3.63) is 58.6 Å². The minimum Gasteiger partial charge on any atom is -0.491 e. The van der Waals surface area contributed by atoms with Gasteiger partial charge in [-0.3, -0.25) is 4.90 Å². The first-order chi connectivity index (χ1) is 12.5. The average Bonchev–Trinajstić information content (AvgIpc) is 2.64. The van der Waals surface area contributed by atoms with E-state index in [0.717, 1.165) is 37.0 Å². The molecule has 4 nitrogen and oxygen atoms in total. The normalized spacial score (nSPS) is 16.5. The summed E-state index contributed by atoms with van der Waals surface area (Å²) in [6, 6.07) is 13.9. The number of ether oxygens (including phenoxy) is 1. The van der Waals surface area contributed by atoms with Crippen molar-refractivity contribution in [3.8, 4) is 5.75 Å². The van der Waals surface area contributed by atoms with E-state index in [4.69, 9.17) is 16.3 Å². The number of anilines is 1. The van der Waals surface area contributed by atoms with Gasteiger partial charge in [0.2, 0.25) is 0 Å². The molecule has 1 fully saturated rings. The quantitative estimate of drug-likeness (QED) is 0.839. The zero-order valence-electron chi connectivity index (χ0n) is 15.5. The van der Waals surface area contributed by atoms with E-state index in [9.17, 15) is 5.11 Å². The first kappa shape index (κ1) is 19.0. The maximum Gasteiger partial charge on any atom is 0.119 e. The number of hydrogen-bond donors (Lipinski definition) is 1.